The lowest BCUT2D eigenvalue weighted by atomic mass is 9.95. The van der Waals surface area contributed by atoms with Crippen LogP contribution in [0.25, 0.3) is 22.4 Å². The van der Waals surface area contributed by atoms with E-state index in [0.29, 0.717) is 36.8 Å². The highest BCUT2D eigenvalue weighted by Crippen LogP contribution is 2.42. The molecular weight excluding hydrogens is 461 g/mol. The minimum atomic E-state index is -0.336. The number of rotatable bonds is 6. The Kier molecular flexibility index (Phi) is 6.99. The Morgan fingerprint density at radius 2 is 1.94 bits per heavy atom. The van der Waals surface area contributed by atoms with E-state index in [1.54, 1.807) is 18.3 Å². The Balaban J connectivity index is 1.70. The number of halogens is 1. The van der Waals surface area contributed by atoms with Crippen molar-refractivity contribution in [3.8, 4) is 22.4 Å². The molecular formula is C27H30FN5O3. The van der Waals surface area contributed by atoms with Gasteiger partial charge in [0.2, 0.25) is 0 Å². The third kappa shape index (κ3) is 4.83. The standard InChI is InChI=1S/C27H30FN5O3/c1-2-29-27(35)32-22-15-19(7-11-30-22)25-23(18-3-5-20(28)6-4-18)24-21(8-12-31-26(24)34)33(25)16-17-9-13-36-14-10-17/h3-7,11,15,17H,2,8-10,12-14,16H2,1H3,(H,31,34)(H2,29,30,32,35). The molecule has 3 N–H and O–H groups in total. The Morgan fingerprint density at radius 3 is 2.69 bits per heavy atom. The van der Waals surface area contributed by atoms with Crippen molar-refractivity contribution in [1.82, 2.24) is 20.2 Å². The van der Waals surface area contributed by atoms with Crippen molar-refractivity contribution in [2.24, 2.45) is 5.92 Å². The number of pyridine rings is 1. The van der Waals surface area contributed by atoms with Crippen LogP contribution in [0.15, 0.2) is 42.6 Å². The van der Waals surface area contributed by atoms with Crippen LogP contribution in [0.2, 0.25) is 0 Å². The molecule has 3 amide bonds. The minimum Gasteiger partial charge on any atom is -0.381 e. The van der Waals surface area contributed by atoms with Gasteiger partial charge in [0.15, 0.2) is 0 Å². The Labute approximate surface area is 209 Å². The molecule has 1 aromatic carbocycles. The number of ether oxygens (including phenoxy) is 1. The Hall–Kier alpha value is -3.72. The Morgan fingerprint density at radius 1 is 1.17 bits per heavy atom. The molecule has 4 heterocycles. The van der Waals surface area contributed by atoms with Gasteiger partial charge in [-0.05, 0) is 55.5 Å². The third-order valence-corrected chi connectivity index (χ3v) is 6.77. The summed E-state index contributed by atoms with van der Waals surface area (Å²) in [6.45, 7) is 5.10. The molecule has 0 radical (unpaired) electrons. The molecule has 0 aliphatic carbocycles. The average Bonchev–Trinajstić information content (AvgIpc) is 3.20. The molecule has 188 valence electrons. The first-order valence-corrected chi connectivity index (χ1v) is 12.4. The predicted molar refractivity (Wildman–Crippen MR) is 135 cm³/mol. The summed E-state index contributed by atoms with van der Waals surface area (Å²) < 4.78 is 21.7. The van der Waals surface area contributed by atoms with Gasteiger partial charge in [0.05, 0.1) is 11.3 Å². The van der Waals surface area contributed by atoms with Crippen LogP contribution in [-0.4, -0.2) is 47.8 Å². The SMILES string of the molecule is CCNC(=O)Nc1cc(-c2c(-c3ccc(F)cc3)c3c(n2CC2CCOCC2)CCNC3=O)ccn1. The van der Waals surface area contributed by atoms with E-state index in [2.05, 4.69) is 25.5 Å². The summed E-state index contributed by atoms with van der Waals surface area (Å²) in [4.78, 5) is 29.7. The molecule has 2 aliphatic rings. The molecule has 9 heteroatoms. The van der Waals surface area contributed by atoms with Crippen molar-refractivity contribution < 1.29 is 18.7 Å². The van der Waals surface area contributed by atoms with Crippen molar-refractivity contribution in [3.05, 3.63) is 59.7 Å². The van der Waals surface area contributed by atoms with Crippen LogP contribution in [-0.2, 0) is 17.7 Å². The first-order valence-electron chi connectivity index (χ1n) is 12.4. The van der Waals surface area contributed by atoms with Crippen LogP contribution in [0.5, 0.6) is 0 Å². The van der Waals surface area contributed by atoms with Crippen molar-refractivity contribution >= 4 is 17.8 Å². The maximum Gasteiger partial charge on any atom is 0.320 e. The van der Waals surface area contributed by atoms with Crippen LogP contribution >= 0.6 is 0 Å². The minimum absolute atomic E-state index is 0.128. The van der Waals surface area contributed by atoms with Crippen LogP contribution in [0.1, 0.15) is 35.8 Å². The maximum absolute atomic E-state index is 13.8. The fourth-order valence-corrected chi connectivity index (χ4v) is 5.11. The van der Waals surface area contributed by atoms with E-state index in [4.69, 9.17) is 4.74 Å². The monoisotopic (exact) mass is 491 g/mol. The molecule has 2 aromatic heterocycles. The highest BCUT2D eigenvalue weighted by atomic mass is 19.1. The number of nitrogens with one attached hydrogen (secondary N) is 3. The fourth-order valence-electron chi connectivity index (χ4n) is 5.11. The van der Waals surface area contributed by atoms with Crippen molar-refractivity contribution in [3.63, 3.8) is 0 Å². The zero-order valence-corrected chi connectivity index (χ0v) is 20.3. The summed E-state index contributed by atoms with van der Waals surface area (Å²) >= 11 is 0. The zero-order chi connectivity index (χ0) is 25.1. The summed E-state index contributed by atoms with van der Waals surface area (Å²) in [7, 11) is 0. The summed E-state index contributed by atoms with van der Waals surface area (Å²) in [5, 5.41) is 8.47. The van der Waals surface area contributed by atoms with Crippen LogP contribution < -0.4 is 16.0 Å². The highest BCUT2D eigenvalue weighted by molar-refractivity contribution is 6.07. The first-order chi connectivity index (χ1) is 17.5. The molecule has 0 atom stereocenters. The number of carbonyl (C=O) groups is 2. The van der Waals surface area contributed by atoms with E-state index in [0.717, 1.165) is 60.7 Å². The molecule has 0 saturated carbocycles. The second kappa shape index (κ2) is 10.5. The van der Waals surface area contributed by atoms with E-state index in [9.17, 15) is 14.0 Å². The fraction of sp³-hybridized carbons (Fsp3) is 0.370. The molecule has 2 aliphatic heterocycles. The number of amides is 3. The Bertz CT molecular complexity index is 1270. The predicted octanol–water partition coefficient (Wildman–Crippen LogP) is 4.21. The van der Waals surface area contributed by atoms with Gasteiger partial charge in [-0.1, -0.05) is 12.1 Å². The molecule has 0 bridgehead atoms. The second-order valence-corrected chi connectivity index (χ2v) is 9.14. The molecule has 5 rings (SSSR count). The number of urea groups is 1. The highest BCUT2D eigenvalue weighted by Gasteiger charge is 2.32. The van der Waals surface area contributed by atoms with Gasteiger partial charge in [-0.3, -0.25) is 10.1 Å². The van der Waals surface area contributed by atoms with Gasteiger partial charge in [0.1, 0.15) is 11.6 Å². The molecule has 8 nitrogen and oxygen atoms in total. The molecule has 0 spiro atoms. The van der Waals surface area contributed by atoms with Crippen molar-refractivity contribution in [2.75, 3.05) is 31.6 Å². The number of fused-ring (bicyclic) bond motifs is 1. The third-order valence-electron chi connectivity index (χ3n) is 6.77. The van der Waals surface area contributed by atoms with Crippen molar-refractivity contribution in [1.29, 1.82) is 0 Å². The van der Waals surface area contributed by atoms with Gasteiger partial charge in [-0.15, -0.1) is 0 Å². The van der Waals surface area contributed by atoms with Gasteiger partial charge in [0.25, 0.3) is 5.91 Å². The van der Waals surface area contributed by atoms with E-state index in [1.165, 1.54) is 12.1 Å². The number of hydrogen-bond acceptors (Lipinski definition) is 4. The largest absolute Gasteiger partial charge is 0.381 e. The van der Waals surface area contributed by atoms with Gasteiger partial charge in [-0.25, -0.2) is 14.2 Å². The summed E-state index contributed by atoms with van der Waals surface area (Å²) in [5.41, 5.74) is 4.84. The molecule has 1 fully saturated rings. The van der Waals surface area contributed by atoms with Gasteiger partial charge in [-0.2, -0.15) is 0 Å². The van der Waals surface area contributed by atoms with Gasteiger partial charge < -0.3 is 19.9 Å². The van der Waals surface area contributed by atoms with E-state index in [-0.39, 0.29) is 17.8 Å². The topological polar surface area (TPSA) is 97.3 Å². The zero-order valence-electron chi connectivity index (χ0n) is 20.3. The van der Waals surface area contributed by atoms with Crippen LogP contribution in [0, 0.1) is 11.7 Å². The van der Waals surface area contributed by atoms with E-state index >= 15 is 0 Å². The quantitative estimate of drug-likeness (QED) is 0.481. The van der Waals surface area contributed by atoms with Crippen molar-refractivity contribution in [2.45, 2.75) is 32.7 Å². The number of aromatic nitrogens is 2. The van der Waals surface area contributed by atoms with E-state index < -0.39 is 0 Å². The number of hydrogen-bond donors (Lipinski definition) is 3. The average molecular weight is 492 g/mol. The van der Waals surface area contributed by atoms with Crippen LogP contribution in [0.4, 0.5) is 15.0 Å². The molecule has 36 heavy (non-hydrogen) atoms. The van der Waals surface area contributed by atoms with E-state index in [1.807, 2.05) is 19.1 Å². The molecule has 3 aromatic rings. The normalized spacial score (nSPS) is 15.8. The summed E-state index contributed by atoms with van der Waals surface area (Å²) in [6.07, 6.45) is 4.25. The molecule has 0 unspecified atom stereocenters. The number of anilines is 1. The number of carbonyl (C=O) groups excluding carboxylic acids is 2. The van der Waals surface area contributed by atoms with Gasteiger partial charge >= 0.3 is 6.03 Å². The maximum atomic E-state index is 13.8. The van der Waals surface area contributed by atoms with Gasteiger partial charge in [0, 0.05) is 62.3 Å². The molecule has 1 saturated heterocycles. The summed E-state index contributed by atoms with van der Waals surface area (Å²) in [5.74, 6) is 0.356. The lowest BCUT2D eigenvalue weighted by Gasteiger charge is -2.26. The number of benzene rings is 1. The van der Waals surface area contributed by atoms with Crippen LogP contribution in [0.3, 0.4) is 0 Å². The smallest absolute Gasteiger partial charge is 0.320 e. The second-order valence-electron chi connectivity index (χ2n) is 9.14. The first kappa shape index (κ1) is 24.0. The lowest BCUT2D eigenvalue weighted by molar-refractivity contribution is 0.0611. The number of nitrogens with zero attached hydrogens (tertiary/aromatic N) is 2. The lowest BCUT2D eigenvalue weighted by Crippen LogP contribution is -2.33. The summed E-state index contributed by atoms with van der Waals surface area (Å²) in [6, 6.07) is 9.62.